The summed E-state index contributed by atoms with van der Waals surface area (Å²) < 4.78 is 0. The fourth-order valence-corrected chi connectivity index (χ4v) is 4.88. The maximum atomic E-state index is 13.4. The monoisotopic (exact) mass is 452 g/mol. The average Bonchev–Trinajstić information content (AvgIpc) is 3.58. The second kappa shape index (κ2) is 10.3. The number of amides is 1. The molecule has 3 aromatic rings. The van der Waals surface area contributed by atoms with Crippen molar-refractivity contribution >= 4 is 41.3 Å². The van der Waals surface area contributed by atoms with E-state index in [0.29, 0.717) is 12.4 Å². The van der Waals surface area contributed by atoms with Crippen molar-refractivity contribution in [3.05, 3.63) is 54.1 Å². The second-order valence-electron chi connectivity index (χ2n) is 8.75. The number of rotatable bonds is 7. The van der Waals surface area contributed by atoms with Gasteiger partial charge in [-0.1, -0.05) is 74.7 Å². The van der Waals surface area contributed by atoms with Crippen LogP contribution in [0.15, 0.2) is 53.5 Å². The van der Waals surface area contributed by atoms with Gasteiger partial charge in [-0.05, 0) is 46.4 Å². The molecule has 5 rings (SSSR count). The van der Waals surface area contributed by atoms with E-state index in [-0.39, 0.29) is 35.5 Å². The van der Waals surface area contributed by atoms with Gasteiger partial charge in [0.15, 0.2) is 5.82 Å². The van der Waals surface area contributed by atoms with Crippen LogP contribution in [0.25, 0.3) is 22.5 Å². The number of unbranched alkanes of at least 4 members (excludes halogenated alkanes) is 1. The van der Waals surface area contributed by atoms with Crippen molar-refractivity contribution in [1.29, 1.82) is 0 Å². The summed E-state index contributed by atoms with van der Waals surface area (Å²) in [7, 11) is 0. The zero-order valence-electron chi connectivity index (χ0n) is 18.4. The summed E-state index contributed by atoms with van der Waals surface area (Å²) in [5.74, 6) is 1.82. The maximum absolute atomic E-state index is 13.4. The first-order valence-corrected chi connectivity index (χ1v) is 11.5. The Labute approximate surface area is 216 Å². The van der Waals surface area contributed by atoms with Gasteiger partial charge >= 0.3 is 29.6 Å². The van der Waals surface area contributed by atoms with Gasteiger partial charge in [-0.2, -0.15) is 0 Å². The van der Waals surface area contributed by atoms with Crippen LogP contribution in [0.4, 0.5) is 0 Å². The molecule has 1 fully saturated rings. The Kier molecular flexibility index (Phi) is 7.41. The van der Waals surface area contributed by atoms with Crippen molar-refractivity contribution in [2.24, 2.45) is 4.99 Å². The summed E-state index contributed by atoms with van der Waals surface area (Å²) in [5.41, 5.74) is 3.73. The molecular weight excluding hydrogens is 423 g/mol. The molecule has 2 aromatic carbocycles. The van der Waals surface area contributed by atoms with Gasteiger partial charge in [0.1, 0.15) is 11.4 Å². The molecule has 1 aliphatic heterocycles. The van der Waals surface area contributed by atoms with Crippen LogP contribution in [0.2, 0.25) is 0 Å². The van der Waals surface area contributed by atoms with Gasteiger partial charge in [-0.3, -0.25) is 14.7 Å². The number of nitrogens with one attached hydrogen (secondary N) is 1. The van der Waals surface area contributed by atoms with Gasteiger partial charge in [0.25, 0.3) is 5.91 Å². The van der Waals surface area contributed by atoms with E-state index in [1.807, 2.05) is 23.1 Å². The van der Waals surface area contributed by atoms with Crippen LogP contribution in [0.1, 0.15) is 57.4 Å². The topological polar surface area (TPSA) is 87.1 Å². The Morgan fingerprint density at radius 3 is 2.42 bits per heavy atom. The molecule has 1 aliphatic carbocycles. The number of hydrogen-bond acceptors (Lipinski definition) is 5. The number of nitrogens with zero attached hydrogens (tertiary/aromatic N) is 5. The first-order valence-electron chi connectivity index (χ1n) is 11.5. The quantitative estimate of drug-likeness (QED) is 0.546. The van der Waals surface area contributed by atoms with Gasteiger partial charge in [-0.25, -0.2) is 5.10 Å². The van der Waals surface area contributed by atoms with E-state index in [0.717, 1.165) is 73.0 Å². The molecule has 0 saturated heterocycles. The van der Waals surface area contributed by atoms with Crippen LogP contribution in [0.3, 0.4) is 0 Å². The van der Waals surface area contributed by atoms with Crippen molar-refractivity contribution in [2.45, 2.75) is 64.0 Å². The van der Waals surface area contributed by atoms with Crippen LogP contribution in [0, 0.1) is 0 Å². The zero-order valence-corrected chi connectivity index (χ0v) is 18.4. The molecule has 2 aliphatic rings. The molecule has 33 heavy (non-hydrogen) atoms. The van der Waals surface area contributed by atoms with E-state index < -0.39 is 5.54 Å². The molecule has 1 aromatic heterocycles. The van der Waals surface area contributed by atoms with Gasteiger partial charge in [0.05, 0.1) is 6.54 Å². The van der Waals surface area contributed by atoms with Crippen LogP contribution in [-0.4, -0.2) is 72.4 Å². The number of benzene rings is 2. The number of aromatic nitrogens is 4. The molecule has 0 unspecified atom stereocenters. The van der Waals surface area contributed by atoms with Crippen molar-refractivity contribution < 1.29 is 4.79 Å². The third kappa shape index (κ3) is 4.67. The van der Waals surface area contributed by atoms with E-state index >= 15 is 0 Å². The molecule has 2 heterocycles. The van der Waals surface area contributed by atoms with Crippen molar-refractivity contribution in [2.75, 3.05) is 0 Å². The molecule has 0 atom stereocenters. The van der Waals surface area contributed by atoms with Crippen LogP contribution < -0.4 is 0 Å². The predicted octanol–water partition coefficient (Wildman–Crippen LogP) is 4.13. The van der Waals surface area contributed by atoms with Crippen molar-refractivity contribution in [1.82, 2.24) is 25.5 Å². The number of aromatic amines is 1. The van der Waals surface area contributed by atoms with E-state index in [1.54, 1.807) is 0 Å². The normalized spacial score (nSPS) is 16.8. The Balaban J connectivity index is 0.00000259. The van der Waals surface area contributed by atoms with Crippen LogP contribution in [0.5, 0.6) is 0 Å². The fraction of sp³-hybridized carbons (Fsp3) is 0.400. The number of tetrazole rings is 1. The zero-order chi connectivity index (χ0) is 22.0. The molecule has 8 heteroatoms. The van der Waals surface area contributed by atoms with E-state index in [4.69, 9.17) is 4.99 Å². The Morgan fingerprint density at radius 2 is 1.76 bits per heavy atom. The second-order valence-corrected chi connectivity index (χ2v) is 8.75. The van der Waals surface area contributed by atoms with Gasteiger partial charge in [0, 0.05) is 12.0 Å². The molecule has 166 valence electrons. The third-order valence-electron chi connectivity index (χ3n) is 6.62. The minimum atomic E-state index is -0.479. The molecular formula is C25H29N6NaO. The number of carbonyl (C=O) groups is 1. The van der Waals surface area contributed by atoms with E-state index in [9.17, 15) is 4.79 Å². The number of aliphatic imine (C=N–C) groups is 1. The van der Waals surface area contributed by atoms with Crippen LogP contribution in [-0.2, 0) is 11.3 Å². The van der Waals surface area contributed by atoms with E-state index in [1.165, 1.54) is 0 Å². The standard InChI is InChI=1S/C25H28N6O.Na.H/c1-2-3-10-22-26-25(15-6-7-16-25)24(32)31(22)17-18-11-13-19(14-12-18)20-8-4-5-9-21(20)23-27-29-30-28-23;;/h4-5,8-9,11-14H,2-3,6-7,10,15-17H2,1H3,(H,27,28,29,30);;. The summed E-state index contributed by atoms with van der Waals surface area (Å²) in [6.07, 6.45) is 7.01. The van der Waals surface area contributed by atoms with Gasteiger partial charge in [0.2, 0.25) is 0 Å². The summed E-state index contributed by atoms with van der Waals surface area (Å²) in [6, 6.07) is 16.5. The Bertz CT molecular complexity index is 1120. The molecule has 7 nitrogen and oxygen atoms in total. The molecule has 1 saturated carbocycles. The Morgan fingerprint density at radius 1 is 1.03 bits per heavy atom. The molecule has 1 amide bonds. The Hall–Kier alpha value is -2.35. The first-order chi connectivity index (χ1) is 15.7. The molecule has 0 bridgehead atoms. The third-order valence-corrected chi connectivity index (χ3v) is 6.62. The number of amidine groups is 1. The summed E-state index contributed by atoms with van der Waals surface area (Å²) in [5, 5.41) is 14.3. The molecule has 1 N–H and O–H groups in total. The van der Waals surface area contributed by atoms with Crippen molar-refractivity contribution in [3.8, 4) is 22.5 Å². The number of carbonyl (C=O) groups excluding carboxylic acids is 1. The number of H-pyrrole nitrogens is 1. The van der Waals surface area contributed by atoms with Gasteiger partial charge in [-0.15, -0.1) is 5.10 Å². The first kappa shape index (κ1) is 23.8. The summed E-state index contributed by atoms with van der Waals surface area (Å²) in [6.45, 7) is 2.76. The fourth-order valence-electron chi connectivity index (χ4n) is 4.88. The minimum absolute atomic E-state index is 0. The molecule has 0 radical (unpaired) electrons. The molecule has 1 spiro atoms. The predicted molar refractivity (Wildman–Crippen MR) is 131 cm³/mol. The summed E-state index contributed by atoms with van der Waals surface area (Å²) >= 11 is 0. The van der Waals surface area contributed by atoms with E-state index in [2.05, 4.69) is 57.9 Å². The SMILES string of the molecule is CCCCC1=NC2(CCCC2)C(=O)N1Cc1ccc(-c2ccccc2-c2nnn[nH]2)cc1.[NaH]. The van der Waals surface area contributed by atoms with Crippen LogP contribution >= 0.6 is 0 Å². The summed E-state index contributed by atoms with van der Waals surface area (Å²) in [4.78, 5) is 20.3. The average molecular weight is 453 g/mol. The number of hydrogen-bond donors (Lipinski definition) is 1. The van der Waals surface area contributed by atoms with Gasteiger partial charge < -0.3 is 0 Å². The van der Waals surface area contributed by atoms with Crippen molar-refractivity contribution in [3.63, 3.8) is 0 Å².